The monoisotopic (exact) mass is 445 g/mol. The van der Waals surface area contributed by atoms with E-state index in [9.17, 15) is 13.2 Å². The van der Waals surface area contributed by atoms with Crippen molar-refractivity contribution in [3.05, 3.63) is 83.6 Å². The number of aromatic nitrogens is 1. The van der Waals surface area contributed by atoms with Crippen LogP contribution in [0, 0.1) is 12.3 Å². The van der Waals surface area contributed by atoms with Crippen LogP contribution in [0.5, 0.6) is 0 Å². The minimum atomic E-state index is -3.82. The van der Waals surface area contributed by atoms with Crippen molar-refractivity contribution in [3.63, 3.8) is 0 Å². The van der Waals surface area contributed by atoms with E-state index in [1.807, 2.05) is 26.0 Å². The molecule has 3 aromatic rings. The first-order valence-corrected chi connectivity index (χ1v) is 12.4. The van der Waals surface area contributed by atoms with Crippen LogP contribution in [0.15, 0.2) is 71.8 Å². The minimum absolute atomic E-state index is 0.0307. The van der Waals surface area contributed by atoms with E-state index >= 15 is 0 Å². The van der Waals surface area contributed by atoms with Crippen LogP contribution >= 0.6 is 0 Å². The normalized spacial score (nSPS) is 22.2. The molecule has 0 aliphatic heterocycles. The van der Waals surface area contributed by atoms with Crippen molar-refractivity contribution in [2.45, 2.75) is 50.8 Å². The van der Waals surface area contributed by atoms with Crippen molar-refractivity contribution in [2.75, 3.05) is 0 Å². The fourth-order valence-electron chi connectivity index (χ4n) is 5.30. The lowest BCUT2D eigenvalue weighted by Gasteiger charge is -2.42. The number of Topliss-reactive ketones (excluding diaryl/α,β-unsaturated/α-hetero) is 1. The average molecular weight is 446 g/mol. The van der Waals surface area contributed by atoms with Crippen molar-refractivity contribution < 1.29 is 13.2 Å². The standard InChI is InChI=1S/C27H27NO3S/c1-6-27(5)15-14-21-24(25(27)29)19-16-28(32(30,31)18-12-10-17(2)11-13-18)22-9-7-8-20(23(19)22)26(21,3)4/h6-13,16H,1,14-15H2,2-5H3/t27-/m0/s1. The van der Waals surface area contributed by atoms with E-state index in [4.69, 9.17) is 0 Å². The molecular formula is C27H27NO3S. The summed E-state index contributed by atoms with van der Waals surface area (Å²) in [7, 11) is -3.82. The third-order valence-corrected chi connectivity index (χ3v) is 9.15. The van der Waals surface area contributed by atoms with Gasteiger partial charge in [-0.05, 0) is 56.0 Å². The van der Waals surface area contributed by atoms with E-state index in [-0.39, 0.29) is 16.1 Å². The molecule has 1 aromatic heterocycles. The third-order valence-electron chi connectivity index (χ3n) is 7.46. The zero-order chi connectivity index (χ0) is 23.1. The number of ketones is 1. The second-order valence-corrected chi connectivity index (χ2v) is 11.6. The number of allylic oxidation sites excluding steroid dienone is 3. The molecule has 0 bridgehead atoms. The molecule has 0 spiro atoms. The lowest BCUT2D eigenvalue weighted by molar-refractivity contribution is -0.120. The highest BCUT2D eigenvalue weighted by Crippen LogP contribution is 2.54. The van der Waals surface area contributed by atoms with Crippen molar-refractivity contribution >= 4 is 32.3 Å². The molecule has 0 N–H and O–H groups in total. The molecule has 0 unspecified atom stereocenters. The Kier molecular flexibility index (Phi) is 4.29. The molecular weight excluding hydrogens is 418 g/mol. The van der Waals surface area contributed by atoms with Gasteiger partial charge in [0.05, 0.1) is 10.4 Å². The first-order chi connectivity index (χ1) is 15.0. The molecule has 1 heterocycles. The van der Waals surface area contributed by atoms with Crippen LogP contribution in [-0.4, -0.2) is 18.2 Å². The molecule has 5 rings (SSSR count). The predicted molar refractivity (Wildman–Crippen MR) is 128 cm³/mol. The van der Waals surface area contributed by atoms with Gasteiger partial charge in [0.25, 0.3) is 10.0 Å². The maximum absolute atomic E-state index is 13.7. The molecule has 164 valence electrons. The first kappa shape index (κ1) is 21.0. The van der Waals surface area contributed by atoms with Gasteiger partial charge in [-0.3, -0.25) is 4.79 Å². The molecule has 0 amide bonds. The molecule has 0 saturated heterocycles. The molecule has 4 nitrogen and oxygen atoms in total. The number of benzene rings is 2. The topological polar surface area (TPSA) is 56.1 Å². The Labute approximate surface area is 189 Å². The van der Waals surface area contributed by atoms with Crippen molar-refractivity contribution in [1.29, 1.82) is 0 Å². The van der Waals surface area contributed by atoms with Gasteiger partial charge < -0.3 is 0 Å². The minimum Gasteiger partial charge on any atom is -0.293 e. The van der Waals surface area contributed by atoms with E-state index < -0.39 is 15.4 Å². The Hall–Kier alpha value is -2.92. The first-order valence-electron chi connectivity index (χ1n) is 10.9. The largest absolute Gasteiger partial charge is 0.293 e. The third kappa shape index (κ3) is 2.61. The maximum Gasteiger partial charge on any atom is 0.268 e. The number of carbonyl (C=O) groups is 1. The summed E-state index contributed by atoms with van der Waals surface area (Å²) < 4.78 is 28.7. The Morgan fingerprint density at radius 3 is 2.41 bits per heavy atom. The van der Waals surface area contributed by atoms with E-state index in [0.29, 0.717) is 17.5 Å². The molecule has 5 heteroatoms. The summed E-state index contributed by atoms with van der Waals surface area (Å²) >= 11 is 0. The highest BCUT2D eigenvalue weighted by Gasteiger charge is 2.46. The molecule has 0 radical (unpaired) electrons. The van der Waals surface area contributed by atoms with Gasteiger partial charge >= 0.3 is 0 Å². The van der Waals surface area contributed by atoms with Gasteiger partial charge in [-0.2, -0.15) is 0 Å². The maximum atomic E-state index is 13.7. The van der Waals surface area contributed by atoms with E-state index in [1.54, 1.807) is 36.5 Å². The number of hydrogen-bond acceptors (Lipinski definition) is 3. The fourth-order valence-corrected chi connectivity index (χ4v) is 6.67. The fraction of sp³-hybridized carbons (Fsp3) is 0.296. The predicted octanol–water partition coefficient (Wildman–Crippen LogP) is 5.79. The molecule has 2 aromatic carbocycles. The molecule has 2 aliphatic rings. The van der Waals surface area contributed by atoms with Crippen LogP contribution in [0.3, 0.4) is 0 Å². The number of fused-ring (bicyclic) bond motifs is 1. The summed E-state index contributed by atoms with van der Waals surface area (Å²) in [6.07, 6.45) is 4.89. The average Bonchev–Trinajstić information content (AvgIpc) is 3.15. The van der Waals surface area contributed by atoms with Crippen molar-refractivity contribution in [3.8, 4) is 0 Å². The Bertz CT molecular complexity index is 1450. The number of hydrogen-bond donors (Lipinski definition) is 0. The molecule has 2 aliphatic carbocycles. The van der Waals surface area contributed by atoms with Crippen molar-refractivity contribution in [2.24, 2.45) is 5.41 Å². The Morgan fingerprint density at radius 1 is 1.06 bits per heavy atom. The summed E-state index contributed by atoms with van der Waals surface area (Å²) in [5.41, 5.74) is 4.14. The van der Waals surface area contributed by atoms with Crippen molar-refractivity contribution in [1.82, 2.24) is 3.97 Å². The van der Waals surface area contributed by atoms with Crippen LogP contribution < -0.4 is 0 Å². The van der Waals surface area contributed by atoms with Gasteiger partial charge in [0.1, 0.15) is 0 Å². The highest BCUT2D eigenvalue weighted by molar-refractivity contribution is 7.90. The van der Waals surface area contributed by atoms with Crippen LogP contribution in [0.1, 0.15) is 50.3 Å². The zero-order valence-corrected chi connectivity index (χ0v) is 19.7. The number of aryl methyl sites for hydroxylation is 1. The van der Waals surface area contributed by atoms with Gasteiger partial charge in [-0.1, -0.05) is 49.8 Å². The Balaban J connectivity index is 1.85. The van der Waals surface area contributed by atoms with Crippen LogP contribution in [0.4, 0.5) is 0 Å². The highest BCUT2D eigenvalue weighted by atomic mass is 32.2. The van der Waals surface area contributed by atoms with Gasteiger partial charge in [0.15, 0.2) is 5.78 Å². The number of nitrogens with zero attached hydrogens (tertiary/aromatic N) is 1. The van der Waals surface area contributed by atoms with Gasteiger partial charge in [-0.25, -0.2) is 12.4 Å². The number of rotatable bonds is 3. The molecule has 0 saturated carbocycles. The Morgan fingerprint density at radius 2 is 1.75 bits per heavy atom. The van der Waals surface area contributed by atoms with Gasteiger partial charge in [0, 0.05) is 33.5 Å². The number of carbonyl (C=O) groups excluding carboxylic acids is 1. The second-order valence-electron chi connectivity index (χ2n) is 9.79. The summed E-state index contributed by atoms with van der Waals surface area (Å²) in [6, 6.07) is 12.7. The summed E-state index contributed by atoms with van der Waals surface area (Å²) in [5, 5.41) is 0.855. The van der Waals surface area contributed by atoms with Crippen LogP contribution in [0.2, 0.25) is 0 Å². The summed E-state index contributed by atoms with van der Waals surface area (Å²) in [6.45, 7) is 12.0. The van der Waals surface area contributed by atoms with E-state index in [2.05, 4.69) is 26.5 Å². The van der Waals surface area contributed by atoms with Crippen LogP contribution in [0.25, 0.3) is 16.5 Å². The lowest BCUT2D eigenvalue weighted by Crippen LogP contribution is -2.37. The zero-order valence-electron chi connectivity index (χ0n) is 18.9. The molecule has 0 fully saturated rings. The smallest absolute Gasteiger partial charge is 0.268 e. The quantitative estimate of drug-likeness (QED) is 0.480. The molecule has 1 atom stereocenters. The van der Waals surface area contributed by atoms with E-state index in [0.717, 1.165) is 34.1 Å². The van der Waals surface area contributed by atoms with E-state index in [1.165, 1.54) is 3.97 Å². The summed E-state index contributed by atoms with van der Waals surface area (Å²) in [4.78, 5) is 14.0. The second kappa shape index (κ2) is 6.55. The van der Waals surface area contributed by atoms with Gasteiger partial charge in [-0.15, -0.1) is 6.58 Å². The lowest BCUT2D eigenvalue weighted by atomic mass is 9.60. The summed E-state index contributed by atoms with van der Waals surface area (Å²) in [5.74, 6) is 0.0307. The van der Waals surface area contributed by atoms with Crippen LogP contribution in [-0.2, 0) is 20.2 Å². The molecule has 32 heavy (non-hydrogen) atoms. The van der Waals surface area contributed by atoms with Gasteiger partial charge in [0.2, 0.25) is 0 Å². The SMILES string of the molecule is C=C[C@@]1(C)CCC2=C(C1=O)c1cn(S(=O)(=O)c3ccc(C)cc3)c3cccc(c13)C2(C)C.